The molecule has 2 fully saturated rings. The van der Waals surface area contributed by atoms with Crippen LogP contribution in [-0.4, -0.2) is 67.0 Å². The molecule has 0 aromatic carbocycles. The molecule has 0 radical (unpaired) electrons. The van der Waals surface area contributed by atoms with E-state index in [9.17, 15) is 9.59 Å². The largest absolute Gasteiger partial charge is 0.326 e. The molecule has 2 N–H and O–H groups in total. The molecule has 0 saturated carbocycles. The molecule has 1 atom stereocenters. The molecule has 0 bridgehead atoms. The first kappa shape index (κ1) is 13.3. The summed E-state index contributed by atoms with van der Waals surface area (Å²) in [6.45, 7) is 9.09. The van der Waals surface area contributed by atoms with E-state index in [4.69, 9.17) is 0 Å². The number of nitrogens with zero attached hydrogens (tertiary/aromatic N) is 2. The van der Waals surface area contributed by atoms with Crippen LogP contribution in [0.25, 0.3) is 0 Å². The lowest BCUT2D eigenvalue weighted by atomic mass is 10.1. The Kier molecular flexibility index (Phi) is 4.19. The Morgan fingerprint density at radius 2 is 1.89 bits per heavy atom. The van der Waals surface area contributed by atoms with Gasteiger partial charge in [0.25, 0.3) is 5.91 Å². The third-order valence-electron chi connectivity index (χ3n) is 3.57. The van der Waals surface area contributed by atoms with Gasteiger partial charge in [-0.05, 0) is 5.92 Å². The molecule has 2 aliphatic heterocycles. The van der Waals surface area contributed by atoms with Crippen LogP contribution >= 0.6 is 0 Å². The van der Waals surface area contributed by atoms with Crippen LogP contribution in [-0.2, 0) is 4.79 Å². The van der Waals surface area contributed by atoms with Crippen molar-refractivity contribution in [1.29, 1.82) is 0 Å². The van der Waals surface area contributed by atoms with E-state index >= 15 is 0 Å². The van der Waals surface area contributed by atoms with Crippen molar-refractivity contribution in [3.63, 3.8) is 0 Å². The van der Waals surface area contributed by atoms with Crippen LogP contribution in [0.2, 0.25) is 0 Å². The Morgan fingerprint density at radius 3 is 2.44 bits per heavy atom. The Bertz CT molecular complexity index is 326. The minimum atomic E-state index is -0.347. The standard InChI is InChI=1S/C12H22N4O2/c1-9(2)10-11(17)16(12(18)14-10)8-7-15-5-3-13-4-6-15/h9-10,13H,3-8H2,1-2H3,(H,14,18)/t10-/m0/s1. The van der Waals surface area contributed by atoms with E-state index in [1.807, 2.05) is 13.8 Å². The van der Waals surface area contributed by atoms with Crippen LogP contribution in [0.15, 0.2) is 0 Å². The van der Waals surface area contributed by atoms with Crippen LogP contribution in [0.5, 0.6) is 0 Å². The average molecular weight is 254 g/mol. The molecule has 102 valence electrons. The van der Waals surface area contributed by atoms with Crippen molar-refractivity contribution >= 4 is 11.9 Å². The van der Waals surface area contributed by atoms with E-state index in [-0.39, 0.29) is 23.9 Å². The van der Waals surface area contributed by atoms with Gasteiger partial charge in [-0.1, -0.05) is 13.8 Å². The molecular formula is C12H22N4O2. The Labute approximate surface area is 108 Å². The van der Waals surface area contributed by atoms with E-state index < -0.39 is 0 Å². The Morgan fingerprint density at radius 1 is 1.22 bits per heavy atom. The highest BCUT2D eigenvalue weighted by Gasteiger charge is 2.39. The summed E-state index contributed by atoms with van der Waals surface area (Å²) in [6.07, 6.45) is 0. The van der Waals surface area contributed by atoms with Gasteiger partial charge in [0.1, 0.15) is 6.04 Å². The van der Waals surface area contributed by atoms with E-state index in [0.717, 1.165) is 32.7 Å². The van der Waals surface area contributed by atoms with Gasteiger partial charge in [-0.15, -0.1) is 0 Å². The number of carbonyl (C=O) groups excluding carboxylic acids is 2. The SMILES string of the molecule is CC(C)[C@@H]1NC(=O)N(CCN2CCNCC2)C1=O. The molecule has 0 aromatic heterocycles. The fraction of sp³-hybridized carbons (Fsp3) is 0.833. The summed E-state index contributed by atoms with van der Waals surface area (Å²) < 4.78 is 0. The van der Waals surface area contributed by atoms with Gasteiger partial charge in [0.2, 0.25) is 0 Å². The topological polar surface area (TPSA) is 64.7 Å². The molecular weight excluding hydrogens is 232 g/mol. The minimum Gasteiger partial charge on any atom is -0.326 e. The van der Waals surface area contributed by atoms with Crippen molar-refractivity contribution < 1.29 is 9.59 Å². The first-order valence-corrected chi connectivity index (χ1v) is 6.64. The molecule has 2 aliphatic rings. The molecule has 0 spiro atoms. The minimum absolute atomic E-state index is 0.0786. The molecule has 0 aromatic rings. The summed E-state index contributed by atoms with van der Waals surface area (Å²) in [6, 6.07) is -0.589. The third kappa shape index (κ3) is 2.81. The van der Waals surface area contributed by atoms with Gasteiger partial charge in [-0.3, -0.25) is 14.6 Å². The summed E-state index contributed by atoms with van der Waals surface area (Å²) in [5.41, 5.74) is 0. The van der Waals surface area contributed by atoms with Crippen LogP contribution in [0.4, 0.5) is 4.79 Å². The second kappa shape index (κ2) is 5.67. The maximum absolute atomic E-state index is 12.0. The van der Waals surface area contributed by atoms with Gasteiger partial charge in [-0.25, -0.2) is 4.79 Å². The lowest BCUT2D eigenvalue weighted by molar-refractivity contribution is -0.128. The van der Waals surface area contributed by atoms with Crippen molar-refractivity contribution in [3.05, 3.63) is 0 Å². The van der Waals surface area contributed by atoms with Gasteiger partial charge >= 0.3 is 6.03 Å². The monoisotopic (exact) mass is 254 g/mol. The van der Waals surface area contributed by atoms with Crippen LogP contribution in [0, 0.1) is 5.92 Å². The van der Waals surface area contributed by atoms with E-state index in [1.165, 1.54) is 4.90 Å². The zero-order chi connectivity index (χ0) is 13.1. The van der Waals surface area contributed by atoms with Crippen LogP contribution in [0.1, 0.15) is 13.8 Å². The average Bonchev–Trinajstić information content (AvgIpc) is 2.64. The zero-order valence-corrected chi connectivity index (χ0v) is 11.1. The Hall–Kier alpha value is -1.14. The smallest absolute Gasteiger partial charge is 0.324 e. The number of urea groups is 1. The quantitative estimate of drug-likeness (QED) is 0.662. The van der Waals surface area contributed by atoms with Crippen molar-refractivity contribution in [3.8, 4) is 0 Å². The molecule has 2 heterocycles. The van der Waals surface area contributed by atoms with Crippen LogP contribution in [0.3, 0.4) is 0 Å². The fourth-order valence-corrected chi connectivity index (χ4v) is 2.38. The lowest BCUT2D eigenvalue weighted by Gasteiger charge is -2.28. The molecule has 2 saturated heterocycles. The number of rotatable bonds is 4. The number of hydrogen-bond donors (Lipinski definition) is 2. The predicted octanol–water partition coefficient (Wildman–Crippen LogP) is -0.532. The second-order valence-electron chi connectivity index (χ2n) is 5.25. The third-order valence-corrected chi connectivity index (χ3v) is 3.57. The van der Waals surface area contributed by atoms with E-state index in [0.29, 0.717) is 6.54 Å². The summed E-state index contributed by atoms with van der Waals surface area (Å²) in [5.74, 6) is 0.0655. The molecule has 2 rings (SSSR count). The second-order valence-corrected chi connectivity index (χ2v) is 5.25. The van der Waals surface area contributed by atoms with Crippen molar-refractivity contribution in [2.75, 3.05) is 39.3 Å². The van der Waals surface area contributed by atoms with E-state index in [2.05, 4.69) is 15.5 Å². The summed E-state index contributed by atoms with van der Waals surface area (Å²) >= 11 is 0. The fourth-order valence-electron chi connectivity index (χ4n) is 2.38. The number of carbonyl (C=O) groups is 2. The maximum Gasteiger partial charge on any atom is 0.324 e. The summed E-state index contributed by atoms with van der Waals surface area (Å²) in [4.78, 5) is 27.4. The highest BCUT2D eigenvalue weighted by molar-refractivity contribution is 6.04. The number of amides is 3. The normalized spacial score (nSPS) is 25.9. The number of hydrogen-bond acceptors (Lipinski definition) is 4. The van der Waals surface area contributed by atoms with Gasteiger partial charge in [-0.2, -0.15) is 0 Å². The van der Waals surface area contributed by atoms with Crippen molar-refractivity contribution in [1.82, 2.24) is 20.4 Å². The number of piperazine rings is 1. The molecule has 0 unspecified atom stereocenters. The van der Waals surface area contributed by atoms with Crippen molar-refractivity contribution in [2.24, 2.45) is 5.92 Å². The molecule has 6 nitrogen and oxygen atoms in total. The highest BCUT2D eigenvalue weighted by atomic mass is 16.2. The van der Waals surface area contributed by atoms with E-state index in [1.54, 1.807) is 0 Å². The maximum atomic E-state index is 12.0. The zero-order valence-electron chi connectivity index (χ0n) is 11.1. The Balaban J connectivity index is 1.85. The van der Waals surface area contributed by atoms with Gasteiger partial charge < -0.3 is 10.6 Å². The summed E-state index contributed by atoms with van der Waals surface area (Å²) in [5, 5.41) is 6.03. The first-order valence-electron chi connectivity index (χ1n) is 6.64. The van der Waals surface area contributed by atoms with Crippen molar-refractivity contribution in [2.45, 2.75) is 19.9 Å². The molecule has 3 amide bonds. The molecule has 0 aliphatic carbocycles. The van der Waals surface area contributed by atoms with Gasteiger partial charge in [0.15, 0.2) is 0 Å². The molecule has 6 heteroatoms. The van der Waals surface area contributed by atoms with Gasteiger partial charge in [0.05, 0.1) is 0 Å². The predicted molar refractivity (Wildman–Crippen MR) is 68.2 cm³/mol. The highest BCUT2D eigenvalue weighted by Crippen LogP contribution is 2.13. The first-order chi connectivity index (χ1) is 8.59. The van der Waals surface area contributed by atoms with Gasteiger partial charge in [0, 0.05) is 39.3 Å². The molecule has 18 heavy (non-hydrogen) atoms. The number of nitrogens with one attached hydrogen (secondary N) is 2. The van der Waals surface area contributed by atoms with Crippen LogP contribution < -0.4 is 10.6 Å². The summed E-state index contributed by atoms with van der Waals surface area (Å²) in [7, 11) is 0. The number of imide groups is 1. The lowest BCUT2D eigenvalue weighted by Crippen LogP contribution is -2.47.